The van der Waals surface area contributed by atoms with E-state index in [4.69, 9.17) is 0 Å². The zero-order chi connectivity index (χ0) is 12.8. The van der Waals surface area contributed by atoms with Crippen LogP contribution in [0.15, 0.2) is 36.4 Å². The van der Waals surface area contributed by atoms with Crippen molar-refractivity contribution in [2.45, 2.75) is 25.7 Å². The third-order valence-corrected chi connectivity index (χ3v) is 4.32. The number of benzene rings is 2. The predicted molar refractivity (Wildman–Crippen MR) is 75.4 cm³/mol. The zero-order valence-corrected chi connectivity index (χ0v) is 10.7. The SMILES string of the molecule is FC1=c2ccc3c(c2CCC1)CC=c1ccccc1=3. The number of fused-ring (bicyclic) bond motifs is 4. The second-order valence-corrected chi connectivity index (χ2v) is 5.37. The molecule has 0 unspecified atom stereocenters. The van der Waals surface area contributed by atoms with Gasteiger partial charge in [-0.3, -0.25) is 0 Å². The fourth-order valence-corrected chi connectivity index (χ4v) is 3.41. The largest absolute Gasteiger partial charge is 0.211 e. The topological polar surface area (TPSA) is 0 Å². The van der Waals surface area contributed by atoms with Crippen molar-refractivity contribution in [2.75, 3.05) is 0 Å². The van der Waals surface area contributed by atoms with Crippen LogP contribution in [-0.2, 0) is 12.8 Å². The number of hydrogen-bond donors (Lipinski definition) is 0. The molecule has 0 N–H and O–H groups in total. The van der Waals surface area contributed by atoms with Crippen molar-refractivity contribution in [1.82, 2.24) is 0 Å². The van der Waals surface area contributed by atoms with Crippen LogP contribution in [0.25, 0.3) is 11.9 Å². The third-order valence-electron chi connectivity index (χ3n) is 4.32. The lowest BCUT2D eigenvalue weighted by Crippen LogP contribution is -2.21. The first-order chi connectivity index (χ1) is 9.34. The van der Waals surface area contributed by atoms with Crippen molar-refractivity contribution in [3.63, 3.8) is 0 Å². The Morgan fingerprint density at radius 1 is 0.789 bits per heavy atom. The minimum atomic E-state index is 0.0721. The van der Waals surface area contributed by atoms with Crippen molar-refractivity contribution >= 4 is 11.9 Å². The first kappa shape index (κ1) is 11.0. The normalized spacial score (nSPS) is 16.2. The Labute approximate surface area is 111 Å². The van der Waals surface area contributed by atoms with Gasteiger partial charge in [0, 0.05) is 11.6 Å². The van der Waals surface area contributed by atoms with Gasteiger partial charge in [0.2, 0.25) is 0 Å². The van der Waals surface area contributed by atoms with Gasteiger partial charge in [0.1, 0.15) is 5.83 Å². The van der Waals surface area contributed by atoms with E-state index >= 15 is 0 Å². The van der Waals surface area contributed by atoms with Crippen LogP contribution >= 0.6 is 0 Å². The standard InChI is InChI=1S/C18H15F/c19-18-7-3-6-14-16-9-8-12-4-1-2-5-13(12)15(16)10-11-17(14)18/h1-2,4-5,8,10-11H,3,6-7,9H2. The first-order valence-electron chi connectivity index (χ1n) is 6.93. The monoisotopic (exact) mass is 250 g/mol. The summed E-state index contributed by atoms with van der Waals surface area (Å²) < 4.78 is 13.9. The van der Waals surface area contributed by atoms with Crippen LogP contribution in [0.2, 0.25) is 0 Å². The van der Waals surface area contributed by atoms with Crippen LogP contribution in [0.1, 0.15) is 24.0 Å². The van der Waals surface area contributed by atoms with E-state index in [0.29, 0.717) is 6.42 Å². The van der Waals surface area contributed by atoms with Crippen molar-refractivity contribution in [2.24, 2.45) is 0 Å². The Morgan fingerprint density at radius 3 is 2.58 bits per heavy atom. The summed E-state index contributed by atoms with van der Waals surface area (Å²) in [5.41, 5.74) is 2.58. The van der Waals surface area contributed by atoms with Gasteiger partial charge in [-0.15, -0.1) is 0 Å². The summed E-state index contributed by atoms with van der Waals surface area (Å²) in [5.74, 6) is 0.0721. The summed E-state index contributed by atoms with van der Waals surface area (Å²) in [6.07, 6.45) is 5.76. The van der Waals surface area contributed by atoms with E-state index in [1.165, 1.54) is 26.8 Å². The molecule has 19 heavy (non-hydrogen) atoms. The fraction of sp³-hybridized carbons (Fsp3) is 0.222. The second-order valence-electron chi connectivity index (χ2n) is 5.37. The number of halogens is 1. The van der Waals surface area contributed by atoms with Crippen molar-refractivity contribution in [3.8, 4) is 0 Å². The molecule has 0 spiro atoms. The van der Waals surface area contributed by atoms with Crippen LogP contribution < -0.4 is 10.4 Å². The molecule has 2 aromatic rings. The van der Waals surface area contributed by atoms with E-state index in [1.54, 1.807) is 0 Å². The Morgan fingerprint density at radius 2 is 1.63 bits per heavy atom. The van der Waals surface area contributed by atoms with Gasteiger partial charge in [0.05, 0.1) is 0 Å². The Kier molecular flexibility index (Phi) is 2.34. The Balaban J connectivity index is 2.24. The molecule has 0 aromatic heterocycles. The molecule has 0 radical (unpaired) electrons. The number of rotatable bonds is 0. The van der Waals surface area contributed by atoms with Gasteiger partial charge in [-0.05, 0) is 46.0 Å². The second kappa shape index (κ2) is 4.06. The molecular weight excluding hydrogens is 235 g/mol. The van der Waals surface area contributed by atoms with Gasteiger partial charge in [0.15, 0.2) is 0 Å². The molecule has 0 amide bonds. The summed E-state index contributed by atoms with van der Waals surface area (Å²) in [7, 11) is 0. The van der Waals surface area contributed by atoms with Crippen molar-refractivity contribution < 1.29 is 4.39 Å². The molecule has 0 saturated carbocycles. The van der Waals surface area contributed by atoms with Gasteiger partial charge in [-0.1, -0.05) is 42.5 Å². The molecule has 2 aliphatic carbocycles. The highest BCUT2D eigenvalue weighted by atomic mass is 19.1. The van der Waals surface area contributed by atoms with E-state index in [9.17, 15) is 4.39 Å². The zero-order valence-electron chi connectivity index (χ0n) is 10.7. The lowest BCUT2D eigenvalue weighted by molar-refractivity contribution is 0.650. The molecule has 0 saturated heterocycles. The van der Waals surface area contributed by atoms with Gasteiger partial charge >= 0.3 is 0 Å². The maximum Gasteiger partial charge on any atom is 0.107 e. The Bertz CT molecular complexity index is 875. The maximum absolute atomic E-state index is 13.9. The summed E-state index contributed by atoms with van der Waals surface area (Å²) in [5, 5.41) is 4.75. The van der Waals surface area contributed by atoms with Crippen LogP contribution in [0.5, 0.6) is 0 Å². The lowest BCUT2D eigenvalue weighted by Gasteiger charge is -2.17. The van der Waals surface area contributed by atoms with Gasteiger partial charge in [-0.25, -0.2) is 4.39 Å². The average molecular weight is 250 g/mol. The highest BCUT2D eigenvalue weighted by molar-refractivity contribution is 5.50. The van der Waals surface area contributed by atoms with Crippen LogP contribution in [-0.4, -0.2) is 0 Å². The lowest BCUT2D eigenvalue weighted by atomic mass is 9.88. The fourth-order valence-electron chi connectivity index (χ4n) is 3.41. The molecule has 0 bridgehead atoms. The number of hydrogen-bond acceptors (Lipinski definition) is 0. The Hall–Kier alpha value is -1.89. The highest BCUT2D eigenvalue weighted by Crippen LogP contribution is 2.21. The quantitative estimate of drug-likeness (QED) is 0.674. The third kappa shape index (κ3) is 1.58. The molecule has 2 aliphatic rings. The predicted octanol–water partition coefficient (Wildman–Crippen LogP) is 2.72. The minimum Gasteiger partial charge on any atom is -0.211 e. The molecule has 1 heteroatoms. The summed E-state index contributed by atoms with van der Waals surface area (Å²) >= 11 is 0. The van der Waals surface area contributed by atoms with Crippen LogP contribution in [0, 0.1) is 10.4 Å². The van der Waals surface area contributed by atoms with E-state index in [1.807, 2.05) is 6.07 Å². The summed E-state index contributed by atoms with van der Waals surface area (Å²) in [6, 6.07) is 12.6. The first-order valence-corrected chi connectivity index (χ1v) is 6.93. The van der Waals surface area contributed by atoms with E-state index in [-0.39, 0.29) is 5.83 Å². The molecule has 0 fully saturated rings. The molecule has 0 aliphatic heterocycles. The molecule has 0 heterocycles. The molecule has 94 valence electrons. The van der Waals surface area contributed by atoms with Crippen LogP contribution in [0.3, 0.4) is 0 Å². The molecular formula is C18H15F. The summed E-state index contributed by atoms with van der Waals surface area (Å²) in [4.78, 5) is 0. The van der Waals surface area contributed by atoms with Gasteiger partial charge in [-0.2, -0.15) is 0 Å². The molecule has 0 nitrogen and oxygen atoms in total. The van der Waals surface area contributed by atoms with Crippen molar-refractivity contribution in [3.05, 3.63) is 68.4 Å². The van der Waals surface area contributed by atoms with E-state index in [0.717, 1.165) is 24.5 Å². The minimum absolute atomic E-state index is 0.0721. The molecule has 0 atom stereocenters. The van der Waals surface area contributed by atoms with Crippen molar-refractivity contribution in [1.29, 1.82) is 0 Å². The van der Waals surface area contributed by atoms with Gasteiger partial charge < -0.3 is 0 Å². The van der Waals surface area contributed by atoms with E-state index < -0.39 is 0 Å². The molecule has 4 rings (SSSR count). The summed E-state index contributed by atoms with van der Waals surface area (Å²) in [6.45, 7) is 0. The average Bonchev–Trinajstić information content (AvgIpc) is 2.47. The van der Waals surface area contributed by atoms with Crippen LogP contribution in [0.4, 0.5) is 4.39 Å². The molecule has 2 aromatic carbocycles. The highest BCUT2D eigenvalue weighted by Gasteiger charge is 2.15. The van der Waals surface area contributed by atoms with Gasteiger partial charge in [0.25, 0.3) is 0 Å². The van der Waals surface area contributed by atoms with E-state index in [2.05, 4.69) is 36.4 Å². The smallest absolute Gasteiger partial charge is 0.107 e. The maximum atomic E-state index is 13.9.